The maximum absolute atomic E-state index is 11.2. The van der Waals surface area contributed by atoms with E-state index >= 15 is 0 Å². The van der Waals surface area contributed by atoms with Crippen LogP contribution in [0.15, 0.2) is 12.2 Å². The van der Waals surface area contributed by atoms with Crippen LogP contribution in [0.5, 0.6) is 0 Å². The smallest absolute Gasteiger partial charge is 0.335 e. The predicted molar refractivity (Wildman–Crippen MR) is 53.2 cm³/mol. The second kappa shape index (κ2) is 4.33. The van der Waals surface area contributed by atoms with Gasteiger partial charge in [-0.25, -0.2) is 4.79 Å². The average Bonchev–Trinajstić information content (AvgIpc) is 2.86. The van der Waals surface area contributed by atoms with Gasteiger partial charge in [0, 0.05) is 5.92 Å². The third kappa shape index (κ3) is 2.21. The first kappa shape index (κ1) is 10.6. The van der Waals surface area contributed by atoms with Crippen molar-refractivity contribution >= 4 is 5.97 Å². The lowest BCUT2D eigenvalue weighted by atomic mass is 9.90. The second-order valence-corrected chi connectivity index (χ2v) is 4.23. The summed E-state index contributed by atoms with van der Waals surface area (Å²) < 4.78 is 10.7. The fraction of sp³-hybridized carbons (Fsp3) is 0.727. The number of carbonyl (C=O) groups is 1. The van der Waals surface area contributed by atoms with Gasteiger partial charge in [0.25, 0.3) is 0 Å². The first-order valence-electron chi connectivity index (χ1n) is 5.32. The molecule has 2 heterocycles. The molecule has 4 nitrogen and oxygen atoms in total. The molecule has 84 valence electrons. The van der Waals surface area contributed by atoms with Crippen molar-refractivity contribution in [2.24, 2.45) is 5.92 Å². The molecule has 0 aromatic heterocycles. The summed E-state index contributed by atoms with van der Waals surface area (Å²) in [5.74, 6) is -0.167. The first-order valence-corrected chi connectivity index (χ1v) is 5.32. The summed E-state index contributed by atoms with van der Waals surface area (Å²) in [4.78, 5) is 11.2. The van der Waals surface area contributed by atoms with Crippen molar-refractivity contribution in [2.75, 3.05) is 13.2 Å². The van der Waals surface area contributed by atoms with Crippen molar-refractivity contribution in [1.82, 2.24) is 0 Å². The van der Waals surface area contributed by atoms with Crippen molar-refractivity contribution in [3.63, 3.8) is 0 Å². The molecule has 1 N–H and O–H groups in total. The Morgan fingerprint density at radius 1 is 1.53 bits per heavy atom. The van der Waals surface area contributed by atoms with E-state index in [2.05, 4.69) is 6.58 Å². The van der Waals surface area contributed by atoms with Crippen LogP contribution in [0.4, 0.5) is 0 Å². The number of esters is 1. The number of hydrogen-bond acceptors (Lipinski definition) is 4. The Bertz CT molecular complexity index is 274. The molecular formula is C11H16O4. The normalized spacial score (nSPS) is 33.0. The van der Waals surface area contributed by atoms with E-state index in [0.29, 0.717) is 18.6 Å². The zero-order valence-electron chi connectivity index (χ0n) is 8.65. The van der Waals surface area contributed by atoms with Crippen molar-refractivity contribution in [3.8, 4) is 0 Å². The summed E-state index contributed by atoms with van der Waals surface area (Å²) in [7, 11) is 0. The van der Waals surface area contributed by atoms with Crippen LogP contribution < -0.4 is 0 Å². The van der Waals surface area contributed by atoms with Crippen LogP contribution in [0.1, 0.15) is 19.3 Å². The third-order valence-electron chi connectivity index (χ3n) is 3.14. The monoisotopic (exact) mass is 212 g/mol. The van der Waals surface area contributed by atoms with Crippen molar-refractivity contribution < 1.29 is 19.4 Å². The van der Waals surface area contributed by atoms with Gasteiger partial charge in [0.2, 0.25) is 0 Å². The Balaban J connectivity index is 1.75. The molecule has 2 aliphatic heterocycles. The van der Waals surface area contributed by atoms with E-state index in [0.717, 1.165) is 19.3 Å². The molecule has 3 unspecified atom stereocenters. The standard InChI is InChI=1S/C11H16O4/c1-7(5-12)11(13)14-6-8-4-9-2-3-10(8)15-9/h8-10,12H,1-6H2. The Morgan fingerprint density at radius 2 is 2.33 bits per heavy atom. The van der Waals surface area contributed by atoms with Crippen molar-refractivity contribution in [1.29, 1.82) is 0 Å². The molecule has 0 amide bonds. The average molecular weight is 212 g/mol. The van der Waals surface area contributed by atoms with Gasteiger partial charge in [0.15, 0.2) is 0 Å². The van der Waals surface area contributed by atoms with Crippen molar-refractivity contribution in [2.45, 2.75) is 31.5 Å². The summed E-state index contributed by atoms with van der Waals surface area (Å²) in [5, 5.41) is 8.68. The van der Waals surface area contributed by atoms with E-state index in [1.165, 1.54) is 0 Å². The van der Waals surface area contributed by atoms with E-state index in [1.54, 1.807) is 0 Å². The van der Waals surface area contributed by atoms with Crippen LogP contribution in [0.2, 0.25) is 0 Å². The molecule has 2 aliphatic rings. The minimum absolute atomic E-state index is 0.110. The molecule has 15 heavy (non-hydrogen) atoms. The van der Waals surface area contributed by atoms with E-state index in [-0.39, 0.29) is 18.3 Å². The number of fused-ring (bicyclic) bond motifs is 2. The number of ether oxygens (including phenoxy) is 2. The fourth-order valence-corrected chi connectivity index (χ4v) is 2.27. The number of aliphatic hydroxyl groups excluding tert-OH is 1. The van der Waals surface area contributed by atoms with Crippen LogP contribution in [0, 0.1) is 5.92 Å². The zero-order chi connectivity index (χ0) is 10.8. The molecule has 2 saturated heterocycles. The molecule has 3 atom stereocenters. The number of carbonyl (C=O) groups excluding carboxylic acids is 1. The van der Waals surface area contributed by atoms with Crippen LogP contribution in [-0.4, -0.2) is 36.5 Å². The maximum Gasteiger partial charge on any atom is 0.335 e. The summed E-state index contributed by atoms with van der Waals surface area (Å²) in [6.07, 6.45) is 3.85. The van der Waals surface area contributed by atoms with Crippen LogP contribution >= 0.6 is 0 Å². The SMILES string of the molecule is C=C(CO)C(=O)OCC1CC2CCC1O2. The lowest BCUT2D eigenvalue weighted by Gasteiger charge is -2.18. The third-order valence-corrected chi connectivity index (χ3v) is 3.14. The molecule has 2 rings (SSSR count). The van der Waals surface area contributed by atoms with Crippen LogP contribution in [0.3, 0.4) is 0 Å². The highest BCUT2D eigenvalue weighted by atomic mass is 16.5. The lowest BCUT2D eigenvalue weighted by molar-refractivity contribution is -0.141. The molecule has 0 aromatic carbocycles. The molecule has 0 saturated carbocycles. The van der Waals surface area contributed by atoms with E-state index < -0.39 is 5.97 Å². The molecule has 4 heteroatoms. The highest BCUT2D eigenvalue weighted by Gasteiger charge is 2.41. The molecule has 0 aliphatic carbocycles. The van der Waals surface area contributed by atoms with Gasteiger partial charge in [0.1, 0.15) is 0 Å². The van der Waals surface area contributed by atoms with Gasteiger partial charge >= 0.3 is 5.97 Å². The van der Waals surface area contributed by atoms with Crippen LogP contribution in [0.25, 0.3) is 0 Å². The van der Waals surface area contributed by atoms with Gasteiger partial charge in [0.05, 0.1) is 31.0 Å². The summed E-state index contributed by atoms with van der Waals surface area (Å²) in [5.41, 5.74) is 0.110. The summed E-state index contributed by atoms with van der Waals surface area (Å²) >= 11 is 0. The molecule has 0 spiro atoms. The first-order chi connectivity index (χ1) is 7.20. The number of aliphatic hydroxyl groups is 1. The van der Waals surface area contributed by atoms with E-state index in [1.807, 2.05) is 0 Å². The Hall–Kier alpha value is -0.870. The van der Waals surface area contributed by atoms with Gasteiger partial charge in [-0.2, -0.15) is 0 Å². The Kier molecular flexibility index (Phi) is 3.07. The van der Waals surface area contributed by atoms with E-state index in [9.17, 15) is 4.79 Å². The van der Waals surface area contributed by atoms with Crippen LogP contribution in [-0.2, 0) is 14.3 Å². The Morgan fingerprint density at radius 3 is 2.87 bits per heavy atom. The second-order valence-electron chi connectivity index (χ2n) is 4.23. The molecule has 0 aromatic rings. The molecule has 2 fully saturated rings. The van der Waals surface area contributed by atoms with Gasteiger partial charge in [-0.05, 0) is 19.3 Å². The van der Waals surface area contributed by atoms with Gasteiger partial charge in [-0.3, -0.25) is 0 Å². The zero-order valence-corrected chi connectivity index (χ0v) is 8.65. The summed E-state index contributed by atoms with van der Waals surface area (Å²) in [6.45, 7) is 3.46. The minimum Gasteiger partial charge on any atom is -0.462 e. The van der Waals surface area contributed by atoms with Gasteiger partial charge < -0.3 is 14.6 Å². The van der Waals surface area contributed by atoms with Crippen molar-refractivity contribution in [3.05, 3.63) is 12.2 Å². The largest absolute Gasteiger partial charge is 0.462 e. The molecular weight excluding hydrogens is 196 g/mol. The molecule has 0 radical (unpaired) electrons. The fourth-order valence-electron chi connectivity index (χ4n) is 2.27. The highest BCUT2D eigenvalue weighted by molar-refractivity contribution is 5.87. The predicted octanol–water partition coefficient (Wildman–Crippen LogP) is 0.646. The Labute approximate surface area is 88.9 Å². The number of rotatable bonds is 4. The topological polar surface area (TPSA) is 55.8 Å². The highest BCUT2D eigenvalue weighted by Crippen LogP contribution is 2.38. The van der Waals surface area contributed by atoms with Gasteiger partial charge in [-0.15, -0.1) is 0 Å². The number of hydrogen-bond donors (Lipinski definition) is 1. The lowest BCUT2D eigenvalue weighted by Crippen LogP contribution is -2.24. The van der Waals surface area contributed by atoms with Gasteiger partial charge in [-0.1, -0.05) is 6.58 Å². The maximum atomic E-state index is 11.2. The molecule has 2 bridgehead atoms. The minimum atomic E-state index is -0.500. The van der Waals surface area contributed by atoms with E-state index in [4.69, 9.17) is 14.6 Å². The summed E-state index contributed by atoms with van der Waals surface area (Å²) in [6, 6.07) is 0. The quantitative estimate of drug-likeness (QED) is 0.549.